The lowest BCUT2D eigenvalue weighted by Crippen LogP contribution is -2.55. The Balaban J connectivity index is 2.59. The molecule has 0 unspecified atom stereocenters. The second-order valence-corrected chi connectivity index (χ2v) is 5.95. The molecule has 4 atom stereocenters. The molecule has 2 aliphatic rings. The summed E-state index contributed by atoms with van der Waals surface area (Å²) >= 11 is 0. The predicted molar refractivity (Wildman–Crippen MR) is 85.3 cm³/mol. The quantitative estimate of drug-likeness (QED) is 0.369. The van der Waals surface area contributed by atoms with Crippen LogP contribution in [0.3, 0.4) is 0 Å². The Labute approximate surface area is 149 Å². The molecule has 12 nitrogen and oxygen atoms in total. The van der Waals surface area contributed by atoms with Crippen LogP contribution in [-0.2, 0) is 9.47 Å². The molecule has 146 valence electrons. The molecular formula is C14H22N4O8. The molecular weight excluding hydrogens is 352 g/mol. The van der Waals surface area contributed by atoms with Crippen molar-refractivity contribution in [3.05, 3.63) is 20.2 Å². The van der Waals surface area contributed by atoms with Crippen LogP contribution in [0.15, 0.2) is 0 Å². The summed E-state index contributed by atoms with van der Waals surface area (Å²) in [6.45, 7) is 6.13. The summed E-state index contributed by atoms with van der Waals surface area (Å²) in [6.07, 6.45) is -1.82. The molecule has 0 radical (unpaired) electrons. The van der Waals surface area contributed by atoms with Crippen LogP contribution in [0.2, 0.25) is 0 Å². The Morgan fingerprint density at radius 2 is 1.15 bits per heavy atom. The Morgan fingerprint density at radius 3 is 1.35 bits per heavy atom. The highest BCUT2D eigenvalue weighted by Crippen LogP contribution is 2.63. The third kappa shape index (κ3) is 2.13. The summed E-state index contributed by atoms with van der Waals surface area (Å²) in [5.74, 6) is 0. The number of rotatable bonds is 7. The molecule has 12 heteroatoms. The van der Waals surface area contributed by atoms with Gasteiger partial charge in [0.1, 0.15) is 12.1 Å². The second kappa shape index (κ2) is 6.57. The fourth-order valence-electron chi connectivity index (χ4n) is 4.06. The largest absolute Gasteiger partial charge is 0.450 e. The molecule has 2 fully saturated rings. The fraction of sp³-hybridized carbons (Fsp3) is 0.857. The van der Waals surface area contributed by atoms with Gasteiger partial charge in [-0.3, -0.25) is 20.2 Å². The minimum atomic E-state index is -2.38. The number of amides is 2. The molecule has 0 N–H and O–H groups in total. The van der Waals surface area contributed by atoms with E-state index in [1.807, 2.05) is 0 Å². The summed E-state index contributed by atoms with van der Waals surface area (Å²) in [7, 11) is 0. The van der Waals surface area contributed by atoms with E-state index in [1.165, 1.54) is 13.8 Å². The molecule has 2 rings (SSSR count). The first-order valence-electron chi connectivity index (χ1n) is 8.45. The Bertz CT molecular complexity index is 588. The van der Waals surface area contributed by atoms with Crippen LogP contribution in [0.1, 0.15) is 40.5 Å². The molecule has 2 aliphatic heterocycles. The molecule has 2 heterocycles. The van der Waals surface area contributed by atoms with Crippen LogP contribution < -0.4 is 0 Å². The van der Waals surface area contributed by atoms with Crippen molar-refractivity contribution in [1.82, 2.24) is 9.80 Å². The molecule has 26 heavy (non-hydrogen) atoms. The van der Waals surface area contributed by atoms with E-state index in [2.05, 4.69) is 0 Å². The van der Waals surface area contributed by atoms with E-state index in [4.69, 9.17) is 9.47 Å². The van der Waals surface area contributed by atoms with E-state index < -0.39 is 45.4 Å². The average Bonchev–Trinajstić information content (AvgIpc) is 3.44. The van der Waals surface area contributed by atoms with Gasteiger partial charge in [0, 0.05) is 0 Å². The number of nitro groups is 2. The van der Waals surface area contributed by atoms with Crippen LogP contribution in [-0.4, -0.2) is 68.5 Å². The van der Waals surface area contributed by atoms with Crippen molar-refractivity contribution in [3.8, 4) is 0 Å². The van der Waals surface area contributed by atoms with Crippen molar-refractivity contribution in [2.24, 2.45) is 0 Å². The van der Waals surface area contributed by atoms with Gasteiger partial charge in [0.15, 0.2) is 0 Å². The lowest BCUT2D eigenvalue weighted by Gasteiger charge is -2.15. The maximum absolute atomic E-state index is 12.2. The highest BCUT2D eigenvalue weighted by molar-refractivity contribution is 5.78. The van der Waals surface area contributed by atoms with Crippen molar-refractivity contribution in [2.75, 3.05) is 13.2 Å². The lowest BCUT2D eigenvalue weighted by molar-refractivity contribution is -0.658. The molecule has 2 amide bonds. The summed E-state index contributed by atoms with van der Waals surface area (Å²) in [6, 6.07) is -2.12. The normalized spacial score (nSPS) is 32.0. The smallest absolute Gasteiger partial charge is 0.416 e. The molecule has 2 saturated heterocycles. The van der Waals surface area contributed by atoms with E-state index >= 15 is 0 Å². The Hall–Kier alpha value is -2.66. The zero-order valence-corrected chi connectivity index (χ0v) is 15.0. The Kier molecular flexibility index (Phi) is 4.97. The number of hydrogen-bond donors (Lipinski definition) is 0. The Morgan fingerprint density at radius 1 is 0.846 bits per heavy atom. The molecule has 0 aromatic carbocycles. The summed E-state index contributed by atoms with van der Waals surface area (Å²) in [5.41, 5.74) is -4.77. The van der Waals surface area contributed by atoms with Crippen LogP contribution in [0.4, 0.5) is 9.59 Å². The zero-order valence-electron chi connectivity index (χ0n) is 15.0. The summed E-state index contributed by atoms with van der Waals surface area (Å²) in [4.78, 5) is 48.4. The van der Waals surface area contributed by atoms with Gasteiger partial charge in [0.25, 0.3) is 0 Å². The summed E-state index contributed by atoms with van der Waals surface area (Å²) in [5, 5.41) is 24.0. The fourth-order valence-corrected chi connectivity index (χ4v) is 4.06. The number of nitrogens with zero attached hydrogens (tertiary/aromatic N) is 4. The maximum atomic E-state index is 12.2. The molecule has 0 aromatic heterocycles. The van der Waals surface area contributed by atoms with Gasteiger partial charge in [-0.15, -0.1) is 0 Å². The van der Waals surface area contributed by atoms with Gasteiger partial charge < -0.3 is 9.47 Å². The van der Waals surface area contributed by atoms with Gasteiger partial charge in [0.05, 0.1) is 23.1 Å². The van der Waals surface area contributed by atoms with Crippen molar-refractivity contribution in [3.63, 3.8) is 0 Å². The van der Waals surface area contributed by atoms with E-state index in [0.29, 0.717) is 0 Å². The lowest BCUT2D eigenvalue weighted by atomic mass is 9.99. The van der Waals surface area contributed by atoms with Gasteiger partial charge in [-0.05, 0) is 26.7 Å². The third-order valence-corrected chi connectivity index (χ3v) is 4.95. The van der Waals surface area contributed by atoms with Crippen molar-refractivity contribution < 1.29 is 28.9 Å². The molecule has 0 saturated carbocycles. The number of hydrogen-bond acceptors (Lipinski definition) is 8. The van der Waals surface area contributed by atoms with E-state index in [0.717, 1.165) is 9.80 Å². The van der Waals surface area contributed by atoms with Gasteiger partial charge in [-0.1, -0.05) is 13.8 Å². The van der Waals surface area contributed by atoms with Crippen LogP contribution in [0.5, 0.6) is 0 Å². The van der Waals surface area contributed by atoms with Crippen molar-refractivity contribution in [2.45, 2.75) is 63.9 Å². The van der Waals surface area contributed by atoms with Gasteiger partial charge in [-0.25, -0.2) is 19.4 Å². The van der Waals surface area contributed by atoms with Gasteiger partial charge in [0.2, 0.25) is 0 Å². The first kappa shape index (κ1) is 19.7. The maximum Gasteiger partial charge on any atom is 0.416 e. The first-order valence-corrected chi connectivity index (χ1v) is 8.45. The molecule has 0 aromatic rings. The zero-order chi connectivity index (χ0) is 19.9. The highest BCUT2D eigenvalue weighted by atomic mass is 16.7. The van der Waals surface area contributed by atoms with E-state index in [9.17, 15) is 29.8 Å². The molecule has 0 bridgehead atoms. The first-order chi connectivity index (χ1) is 12.2. The molecule has 0 spiro atoms. The minimum absolute atomic E-state index is 0.0379. The van der Waals surface area contributed by atoms with Crippen molar-refractivity contribution >= 4 is 12.2 Å². The SMILES string of the molecule is CCOC(=O)N1[C@H](CC)[C@]1([N+](=O)[O-])[C@]1([N+](=O)[O-])[C@@H](CC)N1C(=O)OCC. The van der Waals surface area contributed by atoms with Gasteiger partial charge >= 0.3 is 23.5 Å². The minimum Gasteiger partial charge on any atom is -0.450 e. The van der Waals surface area contributed by atoms with Gasteiger partial charge in [-0.2, -0.15) is 0 Å². The van der Waals surface area contributed by atoms with E-state index in [-0.39, 0.29) is 26.1 Å². The van der Waals surface area contributed by atoms with Crippen LogP contribution in [0.25, 0.3) is 0 Å². The number of carbonyl (C=O) groups is 2. The van der Waals surface area contributed by atoms with E-state index in [1.54, 1.807) is 13.8 Å². The summed E-state index contributed by atoms with van der Waals surface area (Å²) < 4.78 is 9.69. The van der Waals surface area contributed by atoms with Crippen LogP contribution >= 0.6 is 0 Å². The average molecular weight is 374 g/mol. The monoisotopic (exact) mass is 374 g/mol. The predicted octanol–water partition coefficient (Wildman–Crippen LogP) is 1.43. The highest BCUT2D eigenvalue weighted by Gasteiger charge is 3.04. The topological polar surface area (TPSA) is 145 Å². The third-order valence-electron chi connectivity index (χ3n) is 4.95. The molecule has 0 aliphatic carbocycles. The second-order valence-electron chi connectivity index (χ2n) is 5.95. The van der Waals surface area contributed by atoms with Crippen molar-refractivity contribution in [1.29, 1.82) is 0 Å². The number of ether oxygens (including phenoxy) is 2. The standard InChI is InChI=1S/C14H22N4O8/c1-5-9-13(17(21)22,15(9)11(19)25-7-3)14(18(23)24)10(6-2)16(14)12(20)26-8-4/h9-10H,5-8H2,1-4H3/t9-,10-,13-,14+,15?,16?/m1/s1. The van der Waals surface area contributed by atoms with Crippen LogP contribution in [0, 0.1) is 20.2 Å². The number of carbonyl (C=O) groups excluding carboxylic acids is 2.